The van der Waals surface area contributed by atoms with Crippen molar-refractivity contribution in [1.82, 2.24) is 18.8 Å². The molecule has 2 aromatic heterocycles. The van der Waals surface area contributed by atoms with Crippen molar-refractivity contribution in [3.05, 3.63) is 108 Å². The third-order valence-electron chi connectivity index (χ3n) is 8.33. The lowest BCUT2D eigenvalue weighted by Crippen LogP contribution is -2.53. The minimum atomic E-state index is -3.89. The van der Waals surface area contributed by atoms with Gasteiger partial charge in [-0.15, -0.1) is 0 Å². The molecular formula is C33H32ClN5O4S. The van der Waals surface area contributed by atoms with Gasteiger partial charge in [0.25, 0.3) is 10.0 Å². The minimum absolute atomic E-state index is 0.0831. The number of amides is 1. The number of para-hydroxylation sites is 1. The number of halogens is 1. The van der Waals surface area contributed by atoms with Gasteiger partial charge < -0.3 is 10.4 Å². The molecule has 1 aliphatic rings. The second-order valence-corrected chi connectivity index (χ2v) is 13.6. The molecule has 1 fully saturated rings. The van der Waals surface area contributed by atoms with Gasteiger partial charge in [0.1, 0.15) is 0 Å². The number of anilines is 1. The topological polar surface area (TPSA) is 117 Å². The van der Waals surface area contributed by atoms with Crippen molar-refractivity contribution < 1.29 is 18.3 Å². The summed E-state index contributed by atoms with van der Waals surface area (Å²) >= 11 is 6.63. The average Bonchev–Trinajstić information content (AvgIpc) is 3.42. The largest absolute Gasteiger partial charge is 0.465 e. The molecule has 1 unspecified atom stereocenters. The van der Waals surface area contributed by atoms with Gasteiger partial charge >= 0.3 is 6.09 Å². The van der Waals surface area contributed by atoms with Crippen LogP contribution in [0.25, 0.3) is 22.2 Å². The van der Waals surface area contributed by atoms with Crippen LogP contribution in [0.4, 0.5) is 10.7 Å². The highest BCUT2D eigenvalue weighted by atomic mass is 35.5. The summed E-state index contributed by atoms with van der Waals surface area (Å²) in [7, 11) is -3.89. The number of benzene rings is 3. The van der Waals surface area contributed by atoms with Crippen molar-refractivity contribution in [2.24, 2.45) is 0 Å². The molecule has 5 aromatic rings. The summed E-state index contributed by atoms with van der Waals surface area (Å²) in [6.07, 6.45) is 5.07. The number of carboxylic acid groups (broad SMARTS) is 1. The Morgan fingerprint density at radius 1 is 1.07 bits per heavy atom. The highest BCUT2D eigenvalue weighted by Gasteiger charge is 2.40. The van der Waals surface area contributed by atoms with Crippen LogP contribution in [-0.2, 0) is 16.6 Å². The first-order valence-corrected chi connectivity index (χ1v) is 16.2. The molecule has 0 bridgehead atoms. The van der Waals surface area contributed by atoms with Gasteiger partial charge in [-0.25, -0.2) is 27.2 Å². The Labute approximate surface area is 261 Å². The first-order valence-electron chi connectivity index (χ1n) is 14.4. The highest BCUT2D eigenvalue weighted by molar-refractivity contribution is 7.90. The number of nitrogens with zero attached hydrogens (tertiary/aromatic N) is 4. The van der Waals surface area contributed by atoms with Gasteiger partial charge in [0, 0.05) is 35.3 Å². The van der Waals surface area contributed by atoms with E-state index >= 15 is 0 Å². The Hall–Kier alpha value is -4.41. The van der Waals surface area contributed by atoms with Crippen LogP contribution in [0, 0.1) is 0 Å². The molecule has 2 heterocycles. The van der Waals surface area contributed by atoms with E-state index in [0.29, 0.717) is 41.1 Å². The van der Waals surface area contributed by atoms with E-state index in [4.69, 9.17) is 16.6 Å². The van der Waals surface area contributed by atoms with Crippen LogP contribution < -0.4 is 5.32 Å². The van der Waals surface area contributed by atoms with E-state index in [0.717, 1.165) is 24.8 Å². The number of hydrogen-bond acceptors (Lipinski definition) is 6. The Balaban J connectivity index is 1.30. The van der Waals surface area contributed by atoms with Crippen molar-refractivity contribution in [2.45, 2.75) is 55.6 Å². The molecule has 0 spiro atoms. The van der Waals surface area contributed by atoms with Crippen molar-refractivity contribution in [1.29, 1.82) is 0 Å². The molecule has 226 valence electrons. The number of hydrogen-bond donors (Lipinski definition) is 2. The van der Waals surface area contributed by atoms with Crippen molar-refractivity contribution in [3.63, 3.8) is 0 Å². The van der Waals surface area contributed by atoms with Crippen molar-refractivity contribution in [2.75, 3.05) is 5.32 Å². The van der Waals surface area contributed by atoms with E-state index < -0.39 is 21.7 Å². The first kappa shape index (κ1) is 29.7. The van der Waals surface area contributed by atoms with Crippen molar-refractivity contribution in [3.8, 4) is 11.3 Å². The number of fused-ring (bicyclic) bond motifs is 1. The molecule has 0 aliphatic heterocycles. The Bertz CT molecular complexity index is 1920. The van der Waals surface area contributed by atoms with Gasteiger partial charge in [0.15, 0.2) is 0 Å². The van der Waals surface area contributed by atoms with E-state index in [9.17, 15) is 18.3 Å². The van der Waals surface area contributed by atoms with Gasteiger partial charge in [-0.3, -0.25) is 4.90 Å². The second-order valence-electron chi connectivity index (χ2n) is 11.4. The maximum atomic E-state index is 13.6. The lowest BCUT2D eigenvalue weighted by molar-refractivity contribution is 0.0524. The Morgan fingerprint density at radius 3 is 2.48 bits per heavy atom. The molecule has 11 heteroatoms. The minimum Gasteiger partial charge on any atom is -0.465 e. The summed E-state index contributed by atoms with van der Waals surface area (Å²) in [5, 5.41) is 14.5. The van der Waals surface area contributed by atoms with Gasteiger partial charge in [-0.05, 0) is 56.4 Å². The summed E-state index contributed by atoms with van der Waals surface area (Å²) in [5.41, 5.74) is 1.81. The van der Waals surface area contributed by atoms with Crippen LogP contribution >= 0.6 is 11.6 Å². The van der Waals surface area contributed by atoms with E-state index in [1.165, 1.54) is 15.1 Å². The fourth-order valence-corrected chi connectivity index (χ4v) is 7.72. The van der Waals surface area contributed by atoms with Crippen molar-refractivity contribution >= 4 is 44.6 Å². The average molecular weight is 630 g/mol. The third-order valence-corrected chi connectivity index (χ3v) is 10.3. The monoisotopic (exact) mass is 629 g/mol. The molecule has 9 nitrogen and oxygen atoms in total. The summed E-state index contributed by atoms with van der Waals surface area (Å²) in [6, 6.07) is 25.0. The molecule has 44 heavy (non-hydrogen) atoms. The molecule has 1 saturated carbocycles. The second kappa shape index (κ2) is 11.9. The summed E-state index contributed by atoms with van der Waals surface area (Å²) < 4.78 is 28.5. The number of carbonyl (C=O) groups is 1. The zero-order valence-electron chi connectivity index (χ0n) is 24.1. The normalized spacial score (nSPS) is 18.6. The van der Waals surface area contributed by atoms with Gasteiger partial charge in [-0.2, -0.15) is 0 Å². The molecule has 0 radical (unpaired) electrons. The van der Waals surface area contributed by atoms with Crippen LogP contribution in [0.3, 0.4) is 0 Å². The Morgan fingerprint density at radius 2 is 1.75 bits per heavy atom. The maximum Gasteiger partial charge on any atom is 0.408 e. The van der Waals surface area contributed by atoms with E-state index in [1.807, 2.05) is 49.4 Å². The summed E-state index contributed by atoms with van der Waals surface area (Å²) in [5.74, 6) is 0.339. The number of rotatable bonds is 8. The third kappa shape index (κ3) is 5.75. The molecule has 1 amide bonds. The first-order chi connectivity index (χ1) is 21.2. The SMILES string of the molecule is CC1(N(Cc2ccccc2)C(=O)O)CCC[C@@H](Nc2ncc(Cl)c(-c3cn(S(=O)(=O)c4ccccc4)c4ccccc34)n2)C1. The molecule has 2 N–H and O–H groups in total. The molecule has 6 rings (SSSR count). The highest BCUT2D eigenvalue weighted by Crippen LogP contribution is 2.38. The van der Waals surface area contributed by atoms with E-state index in [2.05, 4.69) is 10.3 Å². The van der Waals surface area contributed by atoms with Crippen LogP contribution in [0.15, 0.2) is 102 Å². The predicted molar refractivity (Wildman–Crippen MR) is 171 cm³/mol. The van der Waals surface area contributed by atoms with Crippen LogP contribution in [0.5, 0.6) is 0 Å². The number of aromatic nitrogens is 3. The molecule has 2 atom stereocenters. The molecular weight excluding hydrogens is 598 g/mol. The quantitative estimate of drug-likeness (QED) is 0.185. The van der Waals surface area contributed by atoms with Crippen LogP contribution in [0.2, 0.25) is 5.02 Å². The summed E-state index contributed by atoms with van der Waals surface area (Å²) in [6.45, 7) is 2.30. The van der Waals surface area contributed by atoms with E-state index in [-0.39, 0.29) is 16.0 Å². The number of nitrogens with one attached hydrogen (secondary N) is 1. The standard InChI is InChI=1S/C33H32ClN5O4S/c1-33(38(32(40)41)21-23-11-4-2-5-12-23)18-10-13-24(19-33)36-31-35-20-28(34)30(37-31)27-22-39(29-17-9-8-16-26(27)29)44(42,43)25-14-6-3-7-15-25/h2-9,11-12,14-17,20,22,24H,10,13,18-19,21H2,1H3,(H,40,41)(H,35,36,37)/t24-,33?/m1/s1. The molecule has 1 aliphatic carbocycles. The van der Waals surface area contributed by atoms with Gasteiger partial charge in [0.05, 0.1) is 27.3 Å². The molecule has 3 aromatic carbocycles. The van der Waals surface area contributed by atoms with Gasteiger partial charge in [0.2, 0.25) is 5.95 Å². The zero-order chi connectivity index (χ0) is 30.9. The predicted octanol–water partition coefficient (Wildman–Crippen LogP) is 7.28. The van der Waals surface area contributed by atoms with Crippen LogP contribution in [0.1, 0.15) is 38.2 Å². The maximum absolute atomic E-state index is 13.6. The fraction of sp³-hybridized carbons (Fsp3) is 0.242. The lowest BCUT2D eigenvalue weighted by atomic mass is 9.79. The van der Waals surface area contributed by atoms with Gasteiger partial charge in [-0.1, -0.05) is 78.3 Å². The fourth-order valence-electron chi connectivity index (χ4n) is 6.14. The lowest BCUT2D eigenvalue weighted by Gasteiger charge is -2.45. The summed E-state index contributed by atoms with van der Waals surface area (Å²) in [4.78, 5) is 23.3. The van der Waals surface area contributed by atoms with Crippen LogP contribution in [-0.4, -0.2) is 50.0 Å². The van der Waals surface area contributed by atoms with E-state index in [1.54, 1.807) is 48.7 Å². The Kier molecular flexibility index (Phi) is 8.04. The smallest absolute Gasteiger partial charge is 0.408 e. The molecule has 0 saturated heterocycles. The zero-order valence-corrected chi connectivity index (χ0v) is 25.7.